The number of nitrogens with one attached hydrogen (secondary N) is 1. The number of hydrogen-bond acceptors (Lipinski definition) is 3. The molecule has 0 unspecified atom stereocenters. The summed E-state index contributed by atoms with van der Waals surface area (Å²) in [4.78, 5) is 0. The van der Waals surface area contributed by atoms with Crippen molar-refractivity contribution in [2.45, 2.75) is 38.4 Å². The lowest BCUT2D eigenvalue weighted by atomic mass is 10.1. The van der Waals surface area contributed by atoms with Crippen molar-refractivity contribution >= 4 is 0 Å². The molecule has 0 radical (unpaired) electrons. The van der Waals surface area contributed by atoms with Crippen LogP contribution in [0.1, 0.15) is 35.8 Å². The zero-order valence-corrected chi connectivity index (χ0v) is 8.29. The van der Waals surface area contributed by atoms with Gasteiger partial charge in [-0.3, -0.25) is 4.68 Å². The highest BCUT2D eigenvalue weighted by Gasteiger charge is 2.29. The van der Waals surface area contributed by atoms with Crippen LogP contribution in [0.3, 0.4) is 0 Å². The van der Waals surface area contributed by atoms with Crippen LogP contribution in [0.25, 0.3) is 0 Å². The second-order valence-corrected chi connectivity index (χ2v) is 4.18. The fourth-order valence-electron chi connectivity index (χ4n) is 2.22. The largest absolute Gasteiger partial charge is 0.325 e. The van der Waals surface area contributed by atoms with E-state index in [0.29, 0.717) is 12.6 Å². The lowest BCUT2D eigenvalue weighted by Gasteiger charge is -2.12. The van der Waals surface area contributed by atoms with Crippen molar-refractivity contribution in [2.24, 2.45) is 5.73 Å². The molecule has 0 bridgehead atoms. The summed E-state index contributed by atoms with van der Waals surface area (Å²) in [6.45, 7) is 2.63. The Hall–Kier alpha value is -0.870. The fourth-order valence-corrected chi connectivity index (χ4v) is 2.22. The number of hydrogen-bond donors (Lipinski definition) is 2. The Kier molecular flexibility index (Phi) is 1.85. The van der Waals surface area contributed by atoms with Crippen LogP contribution in [0.2, 0.25) is 0 Å². The zero-order chi connectivity index (χ0) is 9.54. The molecule has 0 saturated heterocycles. The summed E-state index contributed by atoms with van der Waals surface area (Å²) in [5.74, 6) is 0. The minimum Gasteiger partial charge on any atom is -0.325 e. The van der Waals surface area contributed by atoms with Gasteiger partial charge in [0.05, 0.1) is 17.4 Å². The van der Waals surface area contributed by atoms with Crippen LogP contribution in [0, 0.1) is 0 Å². The molecule has 1 aromatic heterocycles. The van der Waals surface area contributed by atoms with Gasteiger partial charge in [-0.15, -0.1) is 0 Å². The van der Waals surface area contributed by atoms with Gasteiger partial charge in [-0.25, -0.2) is 0 Å². The van der Waals surface area contributed by atoms with E-state index in [1.165, 1.54) is 29.8 Å². The molecule has 2 heterocycles. The van der Waals surface area contributed by atoms with Gasteiger partial charge in [-0.05, 0) is 12.8 Å². The third-order valence-corrected chi connectivity index (χ3v) is 3.13. The molecular weight excluding hydrogens is 176 g/mol. The van der Waals surface area contributed by atoms with Crippen LogP contribution in [-0.4, -0.2) is 16.3 Å². The Labute approximate surface area is 83.5 Å². The van der Waals surface area contributed by atoms with E-state index in [4.69, 9.17) is 5.73 Å². The highest BCUT2D eigenvalue weighted by Crippen LogP contribution is 2.36. The second kappa shape index (κ2) is 3.07. The van der Waals surface area contributed by atoms with E-state index in [1.54, 1.807) is 0 Å². The van der Waals surface area contributed by atoms with Crippen LogP contribution < -0.4 is 11.1 Å². The predicted molar refractivity (Wildman–Crippen MR) is 53.8 cm³/mol. The minimum absolute atomic E-state index is 0.626. The molecule has 1 fully saturated rings. The van der Waals surface area contributed by atoms with Crippen molar-refractivity contribution in [3.63, 3.8) is 0 Å². The molecule has 0 spiro atoms. The monoisotopic (exact) mass is 192 g/mol. The Morgan fingerprint density at radius 1 is 1.50 bits per heavy atom. The topological polar surface area (TPSA) is 55.9 Å². The molecule has 2 aliphatic rings. The Morgan fingerprint density at radius 2 is 2.36 bits per heavy atom. The standard InChI is InChI=1S/C10H16N4/c11-5-10-8-6-12-4-3-9(8)13-14(10)7-1-2-7/h7,12H,1-6,11H2. The molecule has 76 valence electrons. The number of nitrogens with zero attached hydrogens (tertiary/aromatic N) is 2. The van der Waals surface area contributed by atoms with Gasteiger partial charge in [0.15, 0.2) is 0 Å². The molecule has 14 heavy (non-hydrogen) atoms. The predicted octanol–water partition coefficient (Wildman–Crippen LogP) is 0.322. The first-order valence-corrected chi connectivity index (χ1v) is 5.40. The van der Waals surface area contributed by atoms with E-state index in [-0.39, 0.29) is 0 Å². The molecular formula is C10H16N4. The number of nitrogens with two attached hydrogens (primary N) is 1. The van der Waals surface area contributed by atoms with Gasteiger partial charge >= 0.3 is 0 Å². The van der Waals surface area contributed by atoms with Gasteiger partial charge in [-0.2, -0.15) is 5.10 Å². The van der Waals surface area contributed by atoms with Crippen molar-refractivity contribution in [1.82, 2.24) is 15.1 Å². The lowest BCUT2D eigenvalue weighted by Crippen LogP contribution is -2.24. The van der Waals surface area contributed by atoms with E-state index in [9.17, 15) is 0 Å². The molecule has 4 nitrogen and oxygen atoms in total. The highest BCUT2D eigenvalue weighted by molar-refractivity contribution is 5.29. The summed E-state index contributed by atoms with van der Waals surface area (Å²) in [5, 5.41) is 8.06. The van der Waals surface area contributed by atoms with E-state index in [1.807, 2.05) is 0 Å². The molecule has 0 amide bonds. The Balaban J connectivity index is 2.06. The highest BCUT2D eigenvalue weighted by atomic mass is 15.3. The molecule has 1 aliphatic heterocycles. The summed E-state index contributed by atoms with van der Waals surface area (Å²) in [6, 6.07) is 0.652. The molecule has 1 aliphatic carbocycles. The molecule has 1 saturated carbocycles. The maximum Gasteiger partial charge on any atom is 0.0685 e. The number of fused-ring (bicyclic) bond motifs is 1. The van der Waals surface area contributed by atoms with Gasteiger partial charge < -0.3 is 11.1 Å². The van der Waals surface area contributed by atoms with Crippen molar-refractivity contribution < 1.29 is 0 Å². The summed E-state index contributed by atoms with van der Waals surface area (Å²) >= 11 is 0. The Morgan fingerprint density at radius 3 is 3.07 bits per heavy atom. The third kappa shape index (κ3) is 1.18. The summed E-state index contributed by atoms with van der Waals surface area (Å²) < 4.78 is 2.18. The van der Waals surface area contributed by atoms with Crippen LogP contribution in [0.5, 0.6) is 0 Å². The van der Waals surface area contributed by atoms with Crippen molar-refractivity contribution in [2.75, 3.05) is 6.54 Å². The minimum atomic E-state index is 0.626. The van der Waals surface area contributed by atoms with E-state index in [0.717, 1.165) is 19.5 Å². The molecule has 3 rings (SSSR count). The Bertz CT molecular complexity index is 351. The average molecular weight is 192 g/mol. The second-order valence-electron chi connectivity index (χ2n) is 4.18. The average Bonchev–Trinajstić information content (AvgIpc) is 2.99. The summed E-state index contributed by atoms with van der Waals surface area (Å²) in [5.41, 5.74) is 9.70. The zero-order valence-electron chi connectivity index (χ0n) is 8.29. The van der Waals surface area contributed by atoms with Crippen LogP contribution >= 0.6 is 0 Å². The molecule has 0 atom stereocenters. The van der Waals surface area contributed by atoms with Crippen LogP contribution in [-0.2, 0) is 19.5 Å². The van der Waals surface area contributed by atoms with Gasteiger partial charge in [-0.1, -0.05) is 0 Å². The van der Waals surface area contributed by atoms with E-state index >= 15 is 0 Å². The van der Waals surface area contributed by atoms with Gasteiger partial charge in [0, 0.05) is 31.6 Å². The van der Waals surface area contributed by atoms with Crippen LogP contribution in [0.15, 0.2) is 0 Å². The first-order chi connectivity index (χ1) is 6.90. The normalized spacial score (nSPS) is 20.9. The molecule has 1 aromatic rings. The smallest absolute Gasteiger partial charge is 0.0685 e. The molecule has 0 aromatic carbocycles. The van der Waals surface area contributed by atoms with Crippen LogP contribution in [0.4, 0.5) is 0 Å². The maximum atomic E-state index is 5.80. The first kappa shape index (κ1) is 8.44. The number of aromatic nitrogens is 2. The maximum absolute atomic E-state index is 5.80. The number of rotatable bonds is 2. The van der Waals surface area contributed by atoms with E-state index in [2.05, 4.69) is 15.1 Å². The van der Waals surface area contributed by atoms with Gasteiger partial charge in [0.25, 0.3) is 0 Å². The van der Waals surface area contributed by atoms with Gasteiger partial charge in [0.1, 0.15) is 0 Å². The van der Waals surface area contributed by atoms with Crippen molar-refractivity contribution in [3.05, 3.63) is 17.0 Å². The quantitative estimate of drug-likeness (QED) is 0.709. The third-order valence-electron chi connectivity index (χ3n) is 3.13. The lowest BCUT2D eigenvalue weighted by molar-refractivity contribution is 0.596. The van der Waals surface area contributed by atoms with Crippen molar-refractivity contribution in [1.29, 1.82) is 0 Å². The molecule has 3 N–H and O–H groups in total. The molecule has 4 heteroatoms. The van der Waals surface area contributed by atoms with Crippen molar-refractivity contribution in [3.8, 4) is 0 Å². The summed E-state index contributed by atoms with van der Waals surface area (Å²) in [6.07, 6.45) is 3.62. The summed E-state index contributed by atoms with van der Waals surface area (Å²) in [7, 11) is 0. The van der Waals surface area contributed by atoms with Gasteiger partial charge in [0.2, 0.25) is 0 Å². The first-order valence-electron chi connectivity index (χ1n) is 5.40. The SMILES string of the molecule is NCc1c2c(nn1C1CC1)CCNC2. The fraction of sp³-hybridized carbons (Fsp3) is 0.700. The van der Waals surface area contributed by atoms with E-state index < -0.39 is 0 Å².